The second-order valence-electron chi connectivity index (χ2n) is 2.07. The summed E-state index contributed by atoms with van der Waals surface area (Å²) in [7, 11) is 0. The maximum atomic E-state index is 10.9. The number of rotatable bonds is 5. The van der Waals surface area contributed by atoms with E-state index in [1.165, 1.54) is 0 Å². The minimum absolute atomic E-state index is 0.0264. The van der Waals surface area contributed by atoms with Crippen molar-refractivity contribution in [2.75, 3.05) is 5.75 Å². The van der Waals surface area contributed by atoms with Gasteiger partial charge < -0.3 is 4.74 Å². The van der Waals surface area contributed by atoms with Gasteiger partial charge in [-0.2, -0.15) is 0 Å². The van der Waals surface area contributed by atoms with Gasteiger partial charge in [0.2, 0.25) is 0 Å². The van der Waals surface area contributed by atoms with Crippen molar-refractivity contribution in [1.29, 1.82) is 0 Å². The maximum Gasteiger partial charge on any atom is 0.321 e. The molecule has 0 fully saturated rings. The molecule has 0 radical (unpaired) electrons. The maximum absolute atomic E-state index is 10.9. The minimum atomic E-state index is -0.431. The van der Waals surface area contributed by atoms with Crippen LogP contribution in [0, 0.1) is 0 Å². The molecule has 0 rings (SSSR count). The molecule has 0 amide bonds. The molecular formula is C8H12O3S. The van der Waals surface area contributed by atoms with E-state index in [9.17, 15) is 9.59 Å². The van der Waals surface area contributed by atoms with Crippen LogP contribution < -0.4 is 0 Å². The molecule has 4 heteroatoms. The number of carbonyl (C=O) groups is 2. The van der Waals surface area contributed by atoms with E-state index in [1.54, 1.807) is 0 Å². The van der Waals surface area contributed by atoms with Crippen molar-refractivity contribution in [3.05, 3.63) is 12.8 Å². The van der Waals surface area contributed by atoms with Crippen LogP contribution in [0.1, 0.15) is 19.8 Å². The van der Waals surface area contributed by atoms with E-state index in [0.717, 1.165) is 24.4 Å². The molecule has 0 heterocycles. The Morgan fingerprint density at radius 2 is 2.25 bits per heavy atom. The number of ether oxygens (including phenoxy) is 1. The zero-order chi connectivity index (χ0) is 9.40. The first-order valence-electron chi connectivity index (χ1n) is 3.66. The van der Waals surface area contributed by atoms with E-state index in [-0.39, 0.29) is 10.9 Å². The number of hydrogen-bond acceptors (Lipinski definition) is 4. The first kappa shape index (κ1) is 11.2. The van der Waals surface area contributed by atoms with Crippen molar-refractivity contribution in [2.45, 2.75) is 19.8 Å². The van der Waals surface area contributed by atoms with E-state index < -0.39 is 5.97 Å². The van der Waals surface area contributed by atoms with Crippen molar-refractivity contribution in [2.24, 2.45) is 0 Å². The molecule has 0 aromatic rings. The van der Waals surface area contributed by atoms with Crippen LogP contribution in [0.4, 0.5) is 0 Å². The first-order chi connectivity index (χ1) is 5.70. The smallest absolute Gasteiger partial charge is 0.321 e. The van der Waals surface area contributed by atoms with E-state index >= 15 is 0 Å². The highest BCUT2D eigenvalue weighted by Gasteiger charge is 2.06. The third-order valence-electron chi connectivity index (χ3n) is 1.02. The summed E-state index contributed by atoms with van der Waals surface area (Å²) in [5, 5.41) is 0.0264. The van der Waals surface area contributed by atoms with E-state index in [4.69, 9.17) is 0 Å². The lowest BCUT2D eigenvalue weighted by Gasteiger charge is -1.97. The molecule has 0 bridgehead atoms. The predicted octanol–water partition coefficient (Wildman–Crippen LogP) is 1.73. The zero-order valence-corrected chi connectivity index (χ0v) is 7.86. The Morgan fingerprint density at radius 1 is 1.58 bits per heavy atom. The van der Waals surface area contributed by atoms with Crippen molar-refractivity contribution in [3.63, 3.8) is 0 Å². The van der Waals surface area contributed by atoms with Gasteiger partial charge in [0.05, 0.1) is 12.0 Å². The summed E-state index contributed by atoms with van der Waals surface area (Å²) in [6.07, 6.45) is 2.38. The van der Waals surface area contributed by atoms with E-state index in [0.29, 0.717) is 6.42 Å². The summed E-state index contributed by atoms with van der Waals surface area (Å²) in [6.45, 7) is 5.14. The second kappa shape index (κ2) is 6.91. The standard InChI is InChI=1S/C8H12O3S/c1-3-5-8(10)12-6-7(9)11-4-2/h4H,2-3,5-6H2,1H3. The van der Waals surface area contributed by atoms with Crippen LogP contribution in [-0.4, -0.2) is 16.8 Å². The lowest BCUT2D eigenvalue weighted by molar-refractivity contribution is -0.135. The molecule has 0 aliphatic carbocycles. The van der Waals surface area contributed by atoms with E-state index in [1.807, 2.05) is 6.92 Å². The molecule has 0 aliphatic rings. The van der Waals surface area contributed by atoms with Gasteiger partial charge in [-0.25, -0.2) is 0 Å². The largest absolute Gasteiger partial charge is 0.435 e. The molecule has 68 valence electrons. The Kier molecular flexibility index (Phi) is 6.47. The molecule has 0 spiro atoms. The van der Waals surface area contributed by atoms with Gasteiger partial charge in [-0.15, -0.1) is 0 Å². The topological polar surface area (TPSA) is 43.4 Å². The Bertz CT molecular complexity index is 177. The fourth-order valence-corrected chi connectivity index (χ4v) is 1.24. The lowest BCUT2D eigenvalue weighted by atomic mass is 10.4. The monoisotopic (exact) mass is 188 g/mol. The van der Waals surface area contributed by atoms with Crippen LogP contribution in [0.3, 0.4) is 0 Å². The number of thioether (sulfide) groups is 1. The average Bonchev–Trinajstić information content (AvgIpc) is 2.02. The second-order valence-corrected chi connectivity index (χ2v) is 3.10. The van der Waals surface area contributed by atoms with Crippen LogP contribution >= 0.6 is 11.8 Å². The summed E-state index contributed by atoms with van der Waals surface area (Å²) in [5.41, 5.74) is 0. The van der Waals surface area contributed by atoms with E-state index in [2.05, 4.69) is 11.3 Å². The molecular weight excluding hydrogens is 176 g/mol. The minimum Gasteiger partial charge on any atom is -0.435 e. The van der Waals surface area contributed by atoms with Gasteiger partial charge in [-0.1, -0.05) is 25.3 Å². The highest BCUT2D eigenvalue weighted by Crippen LogP contribution is 2.07. The third-order valence-corrected chi connectivity index (χ3v) is 1.93. The molecule has 0 unspecified atom stereocenters. The summed E-state index contributed by atoms with van der Waals surface area (Å²) < 4.78 is 4.42. The fourth-order valence-electron chi connectivity index (χ4n) is 0.543. The molecule has 0 N–H and O–H groups in total. The molecule has 3 nitrogen and oxygen atoms in total. The van der Waals surface area contributed by atoms with Crippen LogP contribution in [0.2, 0.25) is 0 Å². The summed E-state index contributed by atoms with van der Waals surface area (Å²) in [4.78, 5) is 21.6. The highest BCUT2D eigenvalue weighted by molar-refractivity contribution is 8.14. The third kappa shape index (κ3) is 5.97. The molecule has 0 aliphatic heterocycles. The summed E-state index contributed by atoms with van der Waals surface area (Å²) in [5.74, 6) is -0.357. The summed E-state index contributed by atoms with van der Waals surface area (Å²) >= 11 is 0.988. The Morgan fingerprint density at radius 3 is 2.75 bits per heavy atom. The van der Waals surface area contributed by atoms with Crippen molar-refractivity contribution < 1.29 is 14.3 Å². The molecule has 0 atom stereocenters. The Balaban J connectivity index is 3.46. The van der Waals surface area contributed by atoms with Gasteiger partial charge in [0.1, 0.15) is 0 Å². The van der Waals surface area contributed by atoms with Gasteiger partial charge in [0.15, 0.2) is 5.12 Å². The first-order valence-corrected chi connectivity index (χ1v) is 4.65. The summed E-state index contributed by atoms with van der Waals surface area (Å²) in [6, 6.07) is 0. The highest BCUT2D eigenvalue weighted by atomic mass is 32.2. The quantitative estimate of drug-likeness (QED) is 0.487. The molecule has 0 aromatic heterocycles. The average molecular weight is 188 g/mol. The normalized spacial score (nSPS) is 9.08. The van der Waals surface area contributed by atoms with Crippen molar-refractivity contribution in [1.82, 2.24) is 0 Å². The van der Waals surface area contributed by atoms with Crippen LogP contribution in [-0.2, 0) is 14.3 Å². The molecule has 12 heavy (non-hydrogen) atoms. The lowest BCUT2D eigenvalue weighted by Crippen LogP contribution is -2.05. The van der Waals surface area contributed by atoms with Gasteiger partial charge in [-0.3, -0.25) is 9.59 Å². The zero-order valence-electron chi connectivity index (χ0n) is 7.04. The SMILES string of the molecule is C=COC(=O)CSC(=O)CCC. The van der Waals surface area contributed by atoms with Gasteiger partial charge >= 0.3 is 5.97 Å². The molecule has 0 saturated carbocycles. The van der Waals surface area contributed by atoms with Gasteiger partial charge in [0.25, 0.3) is 0 Å². The number of esters is 1. The molecule has 0 saturated heterocycles. The van der Waals surface area contributed by atoms with Crippen LogP contribution in [0.15, 0.2) is 12.8 Å². The molecule has 0 aromatic carbocycles. The Labute approximate surface area is 76.2 Å². The van der Waals surface area contributed by atoms with Crippen LogP contribution in [0.25, 0.3) is 0 Å². The van der Waals surface area contributed by atoms with Crippen molar-refractivity contribution in [3.8, 4) is 0 Å². The Hall–Kier alpha value is -0.770. The van der Waals surface area contributed by atoms with Gasteiger partial charge in [0, 0.05) is 6.42 Å². The van der Waals surface area contributed by atoms with Crippen LogP contribution in [0.5, 0.6) is 0 Å². The number of hydrogen-bond donors (Lipinski definition) is 0. The number of carbonyl (C=O) groups excluding carboxylic acids is 2. The fraction of sp³-hybridized carbons (Fsp3) is 0.500. The predicted molar refractivity (Wildman–Crippen MR) is 48.7 cm³/mol. The van der Waals surface area contributed by atoms with Gasteiger partial charge in [-0.05, 0) is 6.42 Å². The van der Waals surface area contributed by atoms with Crippen molar-refractivity contribution >= 4 is 22.8 Å².